The summed E-state index contributed by atoms with van der Waals surface area (Å²) in [5, 5.41) is 0. The lowest BCUT2D eigenvalue weighted by molar-refractivity contribution is 0.780. The van der Waals surface area contributed by atoms with Gasteiger partial charge < -0.3 is 0 Å². The predicted molar refractivity (Wildman–Crippen MR) is 301 cm³/mol. The Bertz CT molecular complexity index is 2530. The van der Waals surface area contributed by atoms with Crippen LogP contribution >= 0.6 is 0 Å². The van der Waals surface area contributed by atoms with Crippen molar-refractivity contribution < 1.29 is 0 Å². The van der Waals surface area contributed by atoms with Crippen molar-refractivity contribution in [3.8, 4) is 0 Å². The van der Waals surface area contributed by atoms with Crippen LogP contribution in [-0.4, -0.2) is 59.8 Å². The average Bonchev–Trinajstić information content (AvgIpc) is 3.29. The van der Waals surface area contributed by atoms with Crippen molar-refractivity contribution in [1.82, 2.24) is 59.8 Å². The maximum Gasteiger partial charge on any atom is 0.132 e. The summed E-state index contributed by atoms with van der Waals surface area (Å²) in [6, 6.07) is 0. The van der Waals surface area contributed by atoms with Crippen LogP contribution in [0, 0.1) is 125 Å². The Morgan fingerprint density at radius 1 is 0.208 bits per heavy atom. The summed E-state index contributed by atoms with van der Waals surface area (Å²) in [5.74, 6) is 5.31. The monoisotopic (exact) mass is 985 g/mol. The van der Waals surface area contributed by atoms with Crippen molar-refractivity contribution in [1.29, 1.82) is 0 Å². The first-order valence-electron chi connectivity index (χ1n) is 26.7. The minimum atomic E-state index is 0.820. The van der Waals surface area contributed by atoms with Crippen LogP contribution in [0.4, 0.5) is 0 Å². The lowest BCUT2D eigenvalue weighted by Crippen LogP contribution is -2.02. The highest BCUT2D eigenvalue weighted by molar-refractivity contribution is 5.38. The fraction of sp³-hybridized carbons (Fsp3) is 0.600. The molecule has 0 fully saturated rings. The Morgan fingerprint density at radius 2 is 0.556 bits per heavy atom. The molecule has 6 aromatic heterocycles. The largest absolute Gasteiger partial charge is 0.258 e. The van der Waals surface area contributed by atoms with E-state index in [-0.39, 0.29) is 0 Å². The van der Waals surface area contributed by atoms with Gasteiger partial charge in [0.1, 0.15) is 34.9 Å². The van der Waals surface area contributed by atoms with E-state index in [9.17, 15) is 0 Å². The van der Waals surface area contributed by atoms with Crippen LogP contribution in [0.5, 0.6) is 0 Å². The van der Waals surface area contributed by atoms with Crippen molar-refractivity contribution in [2.24, 2.45) is 0 Å². The van der Waals surface area contributed by atoms with Gasteiger partial charge in [-0.25, -0.2) is 44.9 Å². The van der Waals surface area contributed by atoms with Crippen LogP contribution in [0.15, 0.2) is 0 Å². The molecule has 0 saturated carbocycles. The molecule has 396 valence electrons. The molecule has 0 aliphatic rings. The normalized spacial score (nSPS) is 10.3. The van der Waals surface area contributed by atoms with Gasteiger partial charge in [-0.05, 0) is 197 Å². The molecule has 0 amide bonds. The molecule has 6 heterocycles. The molecule has 6 rings (SSSR count). The van der Waals surface area contributed by atoms with Gasteiger partial charge in [-0.3, -0.25) is 15.0 Å². The maximum atomic E-state index is 4.55. The summed E-state index contributed by atoms with van der Waals surface area (Å²) in [6.45, 7) is 49.7. The number of hydrogen-bond donors (Lipinski definition) is 0. The zero-order valence-corrected chi connectivity index (χ0v) is 49.9. The lowest BCUT2D eigenvalue weighted by Gasteiger charge is -2.12. The first-order chi connectivity index (χ1) is 33.9. The summed E-state index contributed by atoms with van der Waals surface area (Å²) >= 11 is 0. The van der Waals surface area contributed by atoms with Crippen molar-refractivity contribution in [3.63, 3.8) is 0 Å². The van der Waals surface area contributed by atoms with Crippen molar-refractivity contribution in [2.45, 2.75) is 243 Å². The van der Waals surface area contributed by atoms with Crippen LogP contribution in [0.2, 0.25) is 0 Å². The van der Waals surface area contributed by atoms with Gasteiger partial charge in [-0.2, -0.15) is 0 Å². The first kappa shape index (κ1) is 64.5. The zero-order chi connectivity index (χ0) is 54.8. The molecule has 0 bridgehead atoms. The van der Waals surface area contributed by atoms with E-state index < -0.39 is 0 Å². The molecular weight excluding hydrogens is 889 g/mol. The molecule has 0 aliphatic heterocycles. The minimum Gasteiger partial charge on any atom is -0.258 e. The number of rotatable bonds is 12. The van der Waals surface area contributed by atoms with E-state index >= 15 is 0 Å². The molecule has 6 aromatic rings. The molecule has 0 spiro atoms. The second kappa shape index (κ2) is 33.3. The van der Waals surface area contributed by atoms with Crippen molar-refractivity contribution in [3.05, 3.63) is 137 Å². The Balaban J connectivity index is 0.000000432. The van der Waals surface area contributed by atoms with Gasteiger partial charge in [0.2, 0.25) is 0 Å². The van der Waals surface area contributed by atoms with Gasteiger partial charge >= 0.3 is 0 Å². The van der Waals surface area contributed by atoms with Crippen LogP contribution < -0.4 is 0 Å². The first-order valence-corrected chi connectivity index (χ1v) is 26.7. The number of nitrogens with zero attached hydrogens (tertiary/aromatic N) is 12. The van der Waals surface area contributed by atoms with Crippen LogP contribution in [0.25, 0.3) is 0 Å². The van der Waals surface area contributed by atoms with Gasteiger partial charge in [0.05, 0.1) is 22.8 Å². The second-order valence-electron chi connectivity index (χ2n) is 19.1. The molecule has 0 aromatic carbocycles. The van der Waals surface area contributed by atoms with Crippen LogP contribution in [0.1, 0.15) is 217 Å². The number of pyridine rings is 1. The molecule has 0 saturated heterocycles. The summed E-state index contributed by atoms with van der Waals surface area (Å²) in [5.41, 5.74) is 21.6. The van der Waals surface area contributed by atoms with E-state index in [2.05, 4.69) is 157 Å². The predicted octanol–water partition coefficient (Wildman–Crippen LogP) is 14.1. The molecule has 0 aliphatic carbocycles. The van der Waals surface area contributed by atoms with Gasteiger partial charge in [-0.1, -0.05) is 67.2 Å². The van der Waals surface area contributed by atoms with Crippen LogP contribution in [0.3, 0.4) is 0 Å². The van der Waals surface area contributed by atoms with E-state index in [1.807, 2.05) is 69.2 Å². The molecule has 12 heteroatoms. The Morgan fingerprint density at radius 3 is 1.04 bits per heavy atom. The fourth-order valence-corrected chi connectivity index (χ4v) is 8.06. The number of hydrogen-bond acceptors (Lipinski definition) is 12. The third kappa shape index (κ3) is 22.1. The van der Waals surface area contributed by atoms with Gasteiger partial charge in [0.25, 0.3) is 0 Å². The Labute approximate surface area is 438 Å². The summed E-state index contributed by atoms with van der Waals surface area (Å²) < 4.78 is 0. The second-order valence-corrected chi connectivity index (χ2v) is 19.1. The highest BCUT2D eigenvalue weighted by Crippen LogP contribution is 2.20. The Kier molecular flexibility index (Phi) is 29.8. The van der Waals surface area contributed by atoms with E-state index in [0.717, 1.165) is 157 Å². The van der Waals surface area contributed by atoms with E-state index in [1.54, 1.807) is 0 Å². The summed E-state index contributed by atoms with van der Waals surface area (Å²) in [7, 11) is 0. The average molecular weight is 986 g/mol. The lowest BCUT2D eigenvalue weighted by atomic mass is 9.98. The molecule has 12 nitrogen and oxygen atoms in total. The standard InChI is InChI=1S/C12H19N.4C10H16N2.C8H13N3/c1-6-7-12-9(3)8(2)10(4)13-11(12)5;1-5-6-10-7(2)11-9(4)12-8(10)3;1-5-6-10-9(4)11-7(2)8(3)12-10;1-5-6-10-7(2)8(3)11-9(4)12-10;1-5-6-10-11-8(3)7(2)9(4)12-10;1-4-5-8-10-6(2)9-7(3)11-8/h6-7H2,1-5H3;4*5-6H2,1-4H3;4-5H2,1-3H3. The smallest absolute Gasteiger partial charge is 0.132 e. The van der Waals surface area contributed by atoms with Gasteiger partial charge in [-0.15, -0.1) is 0 Å². The molecular formula is C60H96N12. The quantitative estimate of drug-likeness (QED) is 0.115. The highest BCUT2D eigenvalue weighted by atomic mass is 15.0. The molecule has 0 N–H and O–H groups in total. The van der Waals surface area contributed by atoms with Gasteiger partial charge in [0.15, 0.2) is 0 Å². The van der Waals surface area contributed by atoms with E-state index in [4.69, 9.17) is 0 Å². The number of aryl methyl sites for hydroxylation is 18. The number of aromatic nitrogens is 12. The van der Waals surface area contributed by atoms with Crippen molar-refractivity contribution in [2.75, 3.05) is 0 Å². The van der Waals surface area contributed by atoms with E-state index in [1.165, 1.54) is 56.9 Å². The fourth-order valence-electron chi connectivity index (χ4n) is 8.06. The summed E-state index contributed by atoms with van der Waals surface area (Å²) in [4.78, 5) is 52.2. The topological polar surface area (TPSA) is 155 Å². The van der Waals surface area contributed by atoms with Gasteiger partial charge in [0, 0.05) is 58.4 Å². The highest BCUT2D eigenvalue weighted by Gasteiger charge is 2.09. The Hall–Kier alpha value is -5.52. The third-order valence-electron chi connectivity index (χ3n) is 12.5. The van der Waals surface area contributed by atoms with E-state index in [0.29, 0.717) is 0 Å². The zero-order valence-electron chi connectivity index (χ0n) is 49.9. The van der Waals surface area contributed by atoms with Crippen molar-refractivity contribution >= 4 is 0 Å². The maximum absolute atomic E-state index is 4.55. The molecule has 0 atom stereocenters. The summed E-state index contributed by atoms with van der Waals surface area (Å²) in [6.07, 6.45) is 13.1. The third-order valence-corrected chi connectivity index (χ3v) is 12.5. The molecule has 72 heavy (non-hydrogen) atoms. The molecule has 0 unspecified atom stereocenters. The minimum absolute atomic E-state index is 0.820. The molecule has 0 radical (unpaired) electrons. The SMILES string of the molecule is CCCc1c(C)nc(C)c(C)c1C.CCCc1c(C)nc(C)nc1C.CCCc1nc(C)c(C)c(C)n1.CCCc1nc(C)c(C)nc1C.CCCc1nc(C)nc(C)c1C.CCCc1nc(C)nc(C)n1. The van der Waals surface area contributed by atoms with Crippen LogP contribution in [-0.2, 0) is 38.5 Å².